The highest BCUT2D eigenvalue weighted by Crippen LogP contribution is 2.27. The van der Waals surface area contributed by atoms with E-state index in [2.05, 4.69) is 9.97 Å². The molecule has 10 nitrogen and oxygen atoms in total. The second-order valence-corrected chi connectivity index (χ2v) is 10.7. The van der Waals surface area contributed by atoms with Crippen LogP contribution in [0.2, 0.25) is 0 Å². The summed E-state index contributed by atoms with van der Waals surface area (Å²) >= 11 is 0. The summed E-state index contributed by atoms with van der Waals surface area (Å²) < 4.78 is 5.44. The van der Waals surface area contributed by atoms with Crippen molar-refractivity contribution in [2.24, 2.45) is 0 Å². The number of carbonyl (C=O) groups is 3. The first kappa shape index (κ1) is 28.8. The molecule has 2 aliphatic rings. The summed E-state index contributed by atoms with van der Waals surface area (Å²) in [4.78, 5) is 52.6. The van der Waals surface area contributed by atoms with E-state index in [1.165, 1.54) is 0 Å². The molecular weight excluding hydrogens is 508 g/mol. The molecule has 2 N–H and O–H groups in total. The average molecular weight is 547 g/mol. The van der Waals surface area contributed by atoms with Crippen LogP contribution in [0.1, 0.15) is 61.8 Å². The monoisotopic (exact) mass is 546 g/mol. The molecule has 5 rings (SSSR count). The number of nitrogen functional groups attached to an aromatic ring is 1. The van der Waals surface area contributed by atoms with Crippen LogP contribution in [0.15, 0.2) is 42.5 Å². The van der Waals surface area contributed by atoms with Crippen LogP contribution in [0.5, 0.6) is 0 Å². The van der Waals surface area contributed by atoms with Gasteiger partial charge >= 0.3 is 6.09 Å². The van der Waals surface area contributed by atoms with Crippen LogP contribution >= 0.6 is 0 Å². The minimum atomic E-state index is -0.562. The van der Waals surface area contributed by atoms with E-state index in [4.69, 9.17) is 10.5 Å². The molecule has 212 valence electrons. The van der Waals surface area contributed by atoms with Gasteiger partial charge in [-0.3, -0.25) is 9.59 Å². The molecular formula is C30H38N6O4. The van der Waals surface area contributed by atoms with E-state index in [0.717, 1.165) is 16.7 Å². The second kappa shape index (κ2) is 11.9. The maximum atomic E-state index is 13.5. The molecule has 1 saturated heterocycles. The summed E-state index contributed by atoms with van der Waals surface area (Å²) in [5.41, 5.74) is 9.15. The highest BCUT2D eigenvalue weighted by atomic mass is 16.6. The van der Waals surface area contributed by atoms with Crippen molar-refractivity contribution in [1.29, 1.82) is 0 Å². The van der Waals surface area contributed by atoms with Crippen molar-refractivity contribution in [3.05, 3.63) is 64.8 Å². The third-order valence-corrected chi connectivity index (χ3v) is 6.75. The molecule has 0 atom stereocenters. The standard InChI is InChI=1S/C28H32N6O4.C2H6/c1-28(2,3)38-27(37)33-12-10-32(11-13-33)23(35)15-18-8-9-22-21(14-18)24(31-26(29)30-22)25(36)34-16-19-6-4-5-7-20(19)17-34;1-2/h4-9,14H,10-13,15-17H2,1-3H3,(H2,29,30,31);1-2H3. The van der Waals surface area contributed by atoms with Gasteiger partial charge in [0.15, 0.2) is 0 Å². The molecule has 0 spiro atoms. The molecule has 40 heavy (non-hydrogen) atoms. The van der Waals surface area contributed by atoms with Gasteiger partial charge in [-0.25, -0.2) is 14.8 Å². The van der Waals surface area contributed by atoms with Crippen LogP contribution in [-0.4, -0.2) is 74.4 Å². The molecule has 3 amide bonds. The van der Waals surface area contributed by atoms with Crippen molar-refractivity contribution < 1.29 is 19.1 Å². The topological polar surface area (TPSA) is 122 Å². The van der Waals surface area contributed by atoms with Crippen LogP contribution in [0.3, 0.4) is 0 Å². The predicted octanol–water partition coefficient (Wildman–Crippen LogP) is 4.02. The summed E-state index contributed by atoms with van der Waals surface area (Å²) in [5.74, 6) is -0.237. The third-order valence-electron chi connectivity index (χ3n) is 6.75. The van der Waals surface area contributed by atoms with Gasteiger partial charge in [0.05, 0.1) is 11.9 Å². The van der Waals surface area contributed by atoms with Gasteiger partial charge in [0, 0.05) is 44.7 Å². The lowest BCUT2D eigenvalue weighted by Gasteiger charge is -2.35. The Bertz CT molecular complexity index is 1380. The second-order valence-electron chi connectivity index (χ2n) is 10.7. The number of anilines is 1. The van der Waals surface area contributed by atoms with Gasteiger partial charge in [-0.15, -0.1) is 0 Å². The van der Waals surface area contributed by atoms with E-state index in [1.807, 2.05) is 65.0 Å². The zero-order chi connectivity index (χ0) is 29.0. The highest BCUT2D eigenvalue weighted by molar-refractivity contribution is 6.05. The summed E-state index contributed by atoms with van der Waals surface area (Å²) in [5, 5.41) is 0.570. The number of ether oxygens (including phenoxy) is 1. The average Bonchev–Trinajstić information content (AvgIpc) is 3.37. The van der Waals surface area contributed by atoms with Crippen LogP contribution in [0.4, 0.5) is 10.7 Å². The first-order chi connectivity index (χ1) is 19.1. The number of aromatic nitrogens is 2. The molecule has 3 heterocycles. The Kier molecular flexibility index (Phi) is 8.56. The van der Waals surface area contributed by atoms with Crippen molar-refractivity contribution >= 4 is 34.8 Å². The molecule has 0 unspecified atom stereocenters. The highest BCUT2D eigenvalue weighted by Gasteiger charge is 2.29. The normalized spacial score (nSPS) is 14.9. The van der Waals surface area contributed by atoms with Gasteiger partial charge in [-0.05, 0) is 49.6 Å². The van der Waals surface area contributed by atoms with Crippen molar-refractivity contribution in [2.45, 2.75) is 59.7 Å². The Hall–Kier alpha value is -4.21. The lowest BCUT2D eigenvalue weighted by molar-refractivity contribution is -0.132. The van der Waals surface area contributed by atoms with Crippen LogP contribution < -0.4 is 5.73 Å². The first-order valence-electron chi connectivity index (χ1n) is 13.8. The SMILES string of the molecule is CC.CC(C)(C)OC(=O)N1CCN(C(=O)Cc2ccc3nc(N)nc(C(=O)N4Cc5ccccc5C4)c3c2)CC1. The number of nitrogens with two attached hydrogens (primary N) is 1. The number of fused-ring (bicyclic) bond motifs is 2. The molecule has 0 aliphatic carbocycles. The van der Waals surface area contributed by atoms with E-state index in [-0.39, 0.29) is 36.0 Å². The van der Waals surface area contributed by atoms with Gasteiger partial charge in [-0.2, -0.15) is 0 Å². The summed E-state index contributed by atoms with van der Waals surface area (Å²) in [6.45, 7) is 12.2. The van der Waals surface area contributed by atoms with Crippen LogP contribution in [-0.2, 0) is 29.0 Å². The molecule has 10 heteroatoms. The van der Waals surface area contributed by atoms with Crippen molar-refractivity contribution in [1.82, 2.24) is 24.7 Å². The van der Waals surface area contributed by atoms with Gasteiger partial charge < -0.3 is 25.2 Å². The molecule has 0 bridgehead atoms. The van der Waals surface area contributed by atoms with Crippen molar-refractivity contribution in [3.8, 4) is 0 Å². The maximum Gasteiger partial charge on any atom is 0.410 e. The number of rotatable bonds is 3. The van der Waals surface area contributed by atoms with E-state index in [0.29, 0.717) is 50.2 Å². The molecule has 1 aromatic heterocycles. The van der Waals surface area contributed by atoms with E-state index in [9.17, 15) is 14.4 Å². The predicted molar refractivity (Wildman–Crippen MR) is 153 cm³/mol. The van der Waals surface area contributed by atoms with Gasteiger partial charge in [0.25, 0.3) is 5.91 Å². The number of amides is 3. The molecule has 2 aliphatic heterocycles. The third kappa shape index (κ3) is 6.50. The van der Waals surface area contributed by atoms with E-state index >= 15 is 0 Å². The fraction of sp³-hybridized carbons (Fsp3) is 0.433. The smallest absolute Gasteiger partial charge is 0.410 e. The molecule has 1 fully saturated rings. The summed E-state index contributed by atoms with van der Waals surface area (Å²) in [7, 11) is 0. The Morgan fingerprint density at radius 3 is 2.08 bits per heavy atom. The minimum Gasteiger partial charge on any atom is -0.444 e. The fourth-order valence-corrected chi connectivity index (χ4v) is 4.84. The zero-order valence-electron chi connectivity index (χ0n) is 23.9. The van der Waals surface area contributed by atoms with Crippen molar-refractivity contribution in [3.63, 3.8) is 0 Å². The van der Waals surface area contributed by atoms with Crippen LogP contribution in [0.25, 0.3) is 10.9 Å². The molecule has 3 aromatic rings. The summed E-state index contributed by atoms with van der Waals surface area (Å²) in [6.07, 6.45) is -0.202. The summed E-state index contributed by atoms with van der Waals surface area (Å²) in [6, 6.07) is 13.4. The van der Waals surface area contributed by atoms with Gasteiger partial charge in [-0.1, -0.05) is 44.2 Å². The van der Waals surface area contributed by atoms with Gasteiger partial charge in [0.2, 0.25) is 11.9 Å². The number of nitrogens with zero attached hydrogens (tertiary/aromatic N) is 5. The molecule has 0 saturated carbocycles. The van der Waals surface area contributed by atoms with E-state index in [1.54, 1.807) is 26.8 Å². The Morgan fingerprint density at radius 2 is 1.48 bits per heavy atom. The van der Waals surface area contributed by atoms with Crippen LogP contribution in [0, 0.1) is 0 Å². The maximum absolute atomic E-state index is 13.5. The first-order valence-corrected chi connectivity index (χ1v) is 13.8. The quantitative estimate of drug-likeness (QED) is 0.527. The van der Waals surface area contributed by atoms with Gasteiger partial charge in [0.1, 0.15) is 11.3 Å². The number of piperazine rings is 1. The lowest BCUT2D eigenvalue weighted by Crippen LogP contribution is -2.52. The largest absolute Gasteiger partial charge is 0.444 e. The molecule has 2 aromatic carbocycles. The molecule has 0 radical (unpaired) electrons. The Labute approximate surface area is 235 Å². The zero-order valence-corrected chi connectivity index (χ0v) is 23.9. The Balaban J connectivity index is 0.00000181. The number of benzene rings is 2. The number of hydrogen-bond donors (Lipinski definition) is 1. The lowest BCUT2D eigenvalue weighted by atomic mass is 10.1. The fourth-order valence-electron chi connectivity index (χ4n) is 4.84. The number of hydrogen-bond acceptors (Lipinski definition) is 7. The minimum absolute atomic E-state index is 0.0317. The Morgan fingerprint density at radius 1 is 0.875 bits per heavy atom. The van der Waals surface area contributed by atoms with Crippen molar-refractivity contribution in [2.75, 3.05) is 31.9 Å². The van der Waals surface area contributed by atoms with E-state index < -0.39 is 5.60 Å². The number of carbonyl (C=O) groups excluding carboxylic acids is 3.